The van der Waals surface area contributed by atoms with Crippen LogP contribution in [-0.2, 0) is 0 Å². The molecule has 2 atom stereocenters. The van der Waals surface area contributed by atoms with E-state index in [4.69, 9.17) is 15.2 Å². The summed E-state index contributed by atoms with van der Waals surface area (Å²) in [6.07, 6.45) is 3.44. The van der Waals surface area contributed by atoms with E-state index in [0.717, 1.165) is 18.6 Å². The maximum atomic E-state index is 12.8. The third kappa shape index (κ3) is 3.77. The van der Waals surface area contributed by atoms with E-state index in [2.05, 4.69) is 0 Å². The number of nitrogens with two attached hydrogens (primary N) is 1. The lowest BCUT2D eigenvalue weighted by molar-refractivity contribution is 0.239. The molecule has 4 heteroatoms. The standard InChI is InChI=1S/C18H20FNO2/c19-14-4-6-16(7-5-14)22-17-10-8-15(9-11-17)21-12-13-2-1-3-18(13)20/h4-11,13,18H,1-3,12,20H2. The van der Waals surface area contributed by atoms with Crippen LogP contribution in [0.3, 0.4) is 0 Å². The van der Waals surface area contributed by atoms with Gasteiger partial charge in [-0.1, -0.05) is 6.42 Å². The fourth-order valence-electron chi connectivity index (χ4n) is 2.72. The van der Waals surface area contributed by atoms with Gasteiger partial charge in [0.2, 0.25) is 0 Å². The lowest BCUT2D eigenvalue weighted by atomic mass is 10.1. The Kier molecular flexibility index (Phi) is 4.59. The zero-order chi connectivity index (χ0) is 15.4. The molecular weight excluding hydrogens is 281 g/mol. The molecule has 0 radical (unpaired) electrons. The number of halogens is 1. The molecule has 1 saturated carbocycles. The lowest BCUT2D eigenvalue weighted by Gasteiger charge is -2.16. The summed E-state index contributed by atoms with van der Waals surface area (Å²) in [5.41, 5.74) is 6.04. The number of benzene rings is 2. The van der Waals surface area contributed by atoms with Crippen LogP contribution in [0.2, 0.25) is 0 Å². The summed E-state index contributed by atoms with van der Waals surface area (Å²) in [5.74, 6) is 2.28. The minimum atomic E-state index is -0.277. The molecule has 0 saturated heterocycles. The number of ether oxygens (including phenoxy) is 2. The number of rotatable bonds is 5. The topological polar surface area (TPSA) is 44.5 Å². The van der Waals surface area contributed by atoms with Crippen LogP contribution >= 0.6 is 0 Å². The predicted molar refractivity (Wildman–Crippen MR) is 83.7 cm³/mol. The van der Waals surface area contributed by atoms with E-state index in [1.165, 1.54) is 18.6 Å². The third-order valence-electron chi connectivity index (χ3n) is 4.06. The molecule has 2 aromatic rings. The molecule has 0 spiro atoms. The molecule has 0 heterocycles. The Morgan fingerprint density at radius 3 is 2.09 bits per heavy atom. The molecule has 1 fully saturated rings. The van der Waals surface area contributed by atoms with Crippen molar-refractivity contribution in [2.45, 2.75) is 25.3 Å². The molecule has 2 unspecified atom stereocenters. The second kappa shape index (κ2) is 6.79. The quantitative estimate of drug-likeness (QED) is 0.903. The van der Waals surface area contributed by atoms with Gasteiger partial charge in [0.05, 0.1) is 6.61 Å². The van der Waals surface area contributed by atoms with Crippen molar-refractivity contribution in [3.63, 3.8) is 0 Å². The SMILES string of the molecule is NC1CCCC1COc1ccc(Oc2ccc(F)cc2)cc1. The lowest BCUT2D eigenvalue weighted by Crippen LogP contribution is -2.28. The Bertz CT molecular complexity index is 597. The van der Waals surface area contributed by atoms with Crippen LogP contribution in [0, 0.1) is 11.7 Å². The molecule has 3 nitrogen and oxygen atoms in total. The minimum absolute atomic E-state index is 0.265. The summed E-state index contributed by atoms with van der Waals surface area (Å²) >= 11 is 0. The smallest absolute Gasteiger partial charge is 0.127 e. The van der Waals surface area contributed by atoms with Crippen LogP contribution in [0.25, 0.3) is 0 Å². The molecule has 1 aliphatic carbocycles. The van der Waals surface area contributed by atoms with E-state index in [9.17, 15) is 4.39 Å². The van der Waals surface area contributed by atoms with Gasteiger partial charge in [-0.05, 0) is 61.4 Å². The fourth-order valence-corrected chi connectivity index (χ4v) is 2.72. The van der Waals surface area contributed by atoms with E-state index in [-0.39, 0.29) is 11.9 Å². The van der Waals surface area contributed by atoms with Crippen molar-refractivity contribution in [1.29, 1.82) is 0 Å². The van der Waals surface area contributed by atoms with E-state index in [1.807, 2.05) is 24.3 Å². The first-order valence-corrected chi connectivity index (χ1v) is 7.62. The monoisotopic (exact) mass is 301 g/mol. The molecular formula is C18H20FNO2. The molecule has 1 aliphatic rings. The average molecular weight is 301 g/mol. The van der Waals surface area contributed by atoms with Gasteiger partial charge in [-0.15, -0.1) is 0 Å². The Balaban J connectivity index is 1.54. The molecule has 22 heavy (non-hydrogen) atoms. The van der Waals surface area contributed by atoms with Gasteiger partial charge in [0.25, 0.3) is 0 Å². The van der Waals surface area contributed by atoms with Gasteiger partial charge in [0, 0.05) is 12.0 Å². The van der Waals surface area contributed by atoms with Crippen molar-refractivity contribution in [1.82, 2.24) is 0 Å². The molecule has 0 amide bonds. The normalized spacial score (nSPS) is 20.8. The maximum absolute atomic E-state index is 12.8. The Hall–Kier alpha value is -2.07. The first kappa shape index (κ1) is 14.9. The summed E-state index contributed by atoms with van der Waals surface area (Å²) in [5, 5.41) is 0. The molecule has 0 aliphatic heterocycles. The summed E-state index contributed by atoms with van der Waals surface area (Å²) in [7, 11) is 0. The highest BCUT2D eigenvalue weighted by molar-refractivity contribution is 5.35. The highest BCUT2D eigenvalue weighted by Gasteiger charge is 2.24. The zero-order valence-corrected chi connectivity index (χ0v) is 12.4. The van der Waals surface area contributed by atoms with Crippen LogP contribution < -0.4 is 15.2 Å². The van der Waals surface area contributed by atoms with Gasteiger partial charge in [0.1, 0.15) is 23.1 Å². The molecule has 0 bridgehead atoms. The summed E-state index contributed by atoms with van der Waals surface area (Å²) in [4.78, 5) is 0. The molecule has 2 N–H and O–H groups in total. The number of hydrogen-bond acceptors (Lipinski definition) is 3. The zero-order valence-electron chi connectivity index (χ0n) is 12.4. The summed E-state index contributed by atoms with van der Waals surface area (Å²) < 4.78 is 24.3. The van der Waals surface area contributed by atoms with E-state index in [0.29, 0.717) is 24.0 Å². The molecule has 2 aromatic carbocycles. The Morgan fingerprint density at radius 1 is 0.909 bits per heavy atom. The van der Waals surface area contributed by atoms with Crippen molar-refractivity contribution < 1.29 is 13.9 Å². The number of hydrogen-bond donors (Lipinski definition) is 1. The van der Waals surface area contributed by atoms with Gasteiger partial charge in [-0.3, -0.25) is 0 Å². The molecule has 116 valence electrons. The highest BCUT2D eigenvalue weighted by Crippen LogP contribution is 2.27. The van der Waals surface area contributed by atoms with Crippen LogP contribution in [0.15, 0.2) is 48.5 Å². The van der Waals surface area contributed by atoms with Crippen molar-refractivity contribution in [3.8, 4) is 17.2 Å². The van der Waals surface area contributed by atoms with E-state index >= 15 is 0 Å². The van der Waals surface area contributed by atoms with Crippen molar-refractivity contribution in [3.05, 3.63) is 54.3 Å². The Labute approximate surface area is 129 Å². The largest absolute Gasteiger partial charge is 0.493 e. The van der Waals surface area contributed by atoms with Crippen LogP contribution in [0.1, 0.15) is 19.3 Å². The second-order valence-corrected chi connectivity index (χ2v) is 5.69. The summed E-state index contributed by atoms with van der Waals surface area (Å²) in [6.45, 7) is 0.666. The molecule has 3 rings (SSSR count). The third-order valence-corrected chi connectivity index (χ3v) is 4.06. The summed E-state index contributed by atoms with van der Waals surface area (Å²) in [6, 6.07) is 13.6. The van der Waals surface area contributed by atoms with Gasteiger partial charge in [-0.25, -0.2) is 4.39 Å². The highest BCUT2D eigenvalue weighted by atomic mass is 19.1. The first-order chi connectivity index (χ1) is 10.7. The van der Waals surface area contributed by atoms with Crippen molar-refractivity contribution in [2.75, 3.05) is 6.61 Å². The van der Waals surface area contributed by atoms with Crippen molar-refractivity contribution in [2.24, 2.45) is 11.7 Å². The second-order valence-electron chi connectivity index (χ2n) is 5.69. The van der Waals surface area contributed by atoms with Gasteiger partial charge in [0.15, 0.2) is 0 Å². The van der Waals surface area contributed by atoms with Crippen LogP contribution in [0.4, 0.5) is 4.39 Å². The first-order valence-electron chi connectivity index (χ1n) is 7.62. The predicted octanol–water partition coefficient (Wildman–Crippen LogP) is 4.12. The van der Waals surface area contributed by atoms with Crippen molar-refractivity contribution >= 4 is 0 Å². The Morgan fingerprint density at radius 2 is 1.50 bits per heavy atom. The molecule has 0 aromatic heterocycles. The van der Waals surface area contributed by atoms with Crippen LogP contribution in [-0.4, -0.2) is 12.6 Å². The van der Waals surface area contributed by atoms with Crippen LogP contribution in [0.5, 0.6) is 17.2 Å². The van der Waals surface area contributed by atoms with E-state index in [1.54, 1.807) is 12.1 Å². The van der Waals surface area contributed by atoms with Gasteiger partial charge in [-0.2, -0.15) is 0 Å². The van der Waals surface area contributed by atoms with Gasteiger partial charge >= 0.3 is 0 Å². The fraction of sp³-hybridized carbons (Fsp3) is 0.333. The van der Waals surface area contributed by atoms with Gasteiger partial charge < -0.3 is 15.2 Å². The minimum Gasteiger partial charge on any atom is -0.493 e. The average Bonchev–Trinajstić information content (AvgIpc) is 2.94. The maximum Gasteiger partial charge on any atom is 0.127 e. The van der Waals surface area contributed by atoms with E-state index < -0.39 is 0 Å².